The fourth-order valence-electron chi connectivity index (χ4n) is 1.83. The van der Waals surface area contributed by atoms with Crippen molar-refractivity contribution in [3.05, 3.63) is 23.4 Å². The number of pyridine rings is 1. The lowest BCUT2D eigenvalue weighted by Crippen LogP contribution is -2.20. The number of aryl methyl sites for hydroxylation is 1. The number of nitrogens with zero attached hydrogens (tertiary/aromatic N) is 2. The second-order valence-corrected chi connectivity index (χ2v) is 3.68. The summed E-state index contributed by atoms with van der Waals surface area (Å²) in [5.74, 6) is 0.859. The molecule has 2 heterocycles. The largest absolute Gasteiger partial charge is 0.356 e. The molecule has 1 aromatic heterocycles. The fraction of sp³-hybridized carbons (Fsp3) is 0.455. The van der Waals surface area contributed by atoms with Crippen molar-refractivity contribution < 1.29 is 4.79 Å². The maximum atomic E-state index is 10.8. The van der Waals surface area contributed by atoms with Crippen molar-refractivity contribution in [3.63, 3.8) is 0 Å². The molecule has 0 aliphatic carbocycles. The lowest BCUT2D eigenvalue weighted by Gasteiger charge is -2.18. The van der Waals surface area contributed by atoms with Gasteiger partial charge in [-0.15, -0.1) is 0 Å². The maximum absolute atomic E-state index is 10.8. The Bertz CT molecular complexity index is 343. The van der Waals surface area contributed by atoms with Crippen LogP contribution in [0.3, 0.4) is 0 Å². The Morgan fingerprint density at radius 1 is 1.36 bits per heavy atom. The highest BCUT2D eigenvalue weighted by molar-refractivity contribution is 5.82. The van der Waals surface area contributed by atoms with E-state index in [0.29, 0.717) is 5.56 Å². The fourth-order valence-corrected chi connectivity index (χ4v) is 1.83. The molecular formula is C11H14N2O. The van der Waals surface area contributed by atoms with Gasteiger partial charge in [0, 0.05) is 18.8 Å². The second-order valence-electron chi connectivity index (χ2n) is 3.68. The topological polar surface area (TPSA) is 33.2 Å². The summed E-state index contributed by atoms with van der Waals surface area (Å²) in [6, 6.07) is 3.73. The minimum atomic E-state index is 0.706. The highest BCUT2D eigenvalue weighted by atomic mass is 16.1. The molecule has 0 saturated carbocycles. The Hall–Kier alpha value is -1.38. The summed E-state index contributed by atoms with van der Waals surface area (Å²) >= 11 is 0. The van der Waals surface area contributed by atoms with E-state index in [4.69, 9.17) is 0 Å². The number of hydrogen-bond acceptors (Lipinski definition) is 3. The van der Waals surface area contributed by atoms with E-state index >= 15 is 0 Å². The predicted octanol–water partition coefficient (Wildman–Crippen LogP) is 1.80. The molecule has 0 amide bonds. The molecule has 3 nitrogen and oxygen atoms in total. The molecule has 2 rings (SSSR count). The van der Waals surface area contributed by atoms with Gasteiger partial charge < -0.3 is 4.90 Å². The van der Waals surface area contributed by atoms with Crippen LogP contribution in [0.5, 0.6) is 0 Å². The van der Waals surface area contributed by atoms with Crippen LogP contribution in [0, 0.1) is 6.92 Å². The van der Waals surface area contributed by atoms with Crippen molar-refractivity contribution in [2.75, 3.05) is 18.0 Å². The molecule has 3 heteroatoms. The van der Waals surface area contributed by atoms with Crippen LogP contribution in [0.4, 0.5) is 5.82 Å². The van der Waals surface area contributed by atoms with Crippen LogP contribution >= 0.6 is 0 Å². The third-order valence-electron chi connectivity index (χ3n) is 2.58. The second kappa shape index (κ2) is 3.78. The molecule has 1 aromatic rings. The van der Waals surface area contributed by atoms with E-state index in [1.54, 1.807) is 0 Å². The first-order valence-electron chi connectivity index (χ1n) is 4.99. The van der Waals surface area contributed by atoms with Gasteiger partial charge in [0.1, 0.15) is 5.82 Å². The van der Waals surface area contributed by atoms with Gasteiger partial charge in [-0.05, 0) is 31.9 Å². The van der Waals surface area contributed by atoms with E-state index in [0.717, 1.165) is 30.9 Å². The molecule has 0 atom stereocenters. The molecule has 1 fully saturated rings. The summed E-state index contributed by atoms with van der Waals surface area (Å²) in [5.41, 5.74) is 1.68. The molecular weight excluding hydrogens is 176 g/mol. The van der Waals surface area contributed by atoms with Crippen LogP contribution in [0.1, 0.15) is 28.9 Å². The smallest absolute Gasteiger partial charge is 0.153 e. The van der Waals surface area contributed by atoms with Crippen molar-refractivity contribution in [2.45, 2.75) is 19.8 Å². The van der Waals surface area contributed by atoms with Gasteiger partial charge in [-0.2, -0.15) is 0 Å². The Kier molecular flexibility index (Phi) is 2.48. The highest BCUT2D eigenvalue weighted by Gasteiger charge is 2.16. The molecule has 74 valence electrons. The van der Waals surface area contributed by atoms with E-state index in [1.807, 2.05) is 19.1 Å². The van der Waals surface area contributed by atoms with Crippen molar-refractivity contribution >= 4 is 12.1 Å². The molecule has 0 aromatic carbocycles. The summed E-state index contributed by atoms with van der Waals surface area (Å²) in [4.78, 5) is 17.4. The molecule has 0 radical (unpaired) electrons. The van der Waals surface area contributed by atoms with Gasteiger partial charge in [0.2, 0.25) is 0 Å². The Labute approximate surface area is 83.8 Å². The Balaban J connectivity index is 2.37. The first-order chi connectivity index (χ1) is 6.81. The molecule has 14 heavy (non-hydrogen) atoms. The number of anilines is 1. The van der Waals surface area contributed by atoms with Crippen molar-refractivity contribution in [3.8, 4) is 0 Å². The molecule has 0 bridgehead atoms. The zero-order valence-corrected chi connectivity index (χ0v) is 8.36. The first-order valence-corrected chi connectivity index (χ1v) is 4.99. The molecule has 0 N–H and O–H groups in total. The van der Waals surface area contributed by atoms with Gasteiger partial charge >= 0.3 is 0 Å². The predicted molar refractivity (Wildman–Crippen MR) is 55.8 cm³/mol. The monoisotopic (exact) mass is 190 g/mol. The van der Waals surface area contributed by atoms with Gasteiger partial charge in [-0.1, -0.05) is 0 Å². The van der Waals surface area contributed by atoms with E-state index < -0.39 is 0 Å². The Morgan fingerprint density at radius 3 is 2.71 bits per heavy atom. The number of carbonyl (C=O) groups is 1. The maximum Gasteiger partial charge on any atom is 0.153 e. The Morgan fingerprint density at radius 2 is 2.07 bits per heavy atom. The van der Waals surface area contributed by atoms with Crippen LogP contribution in [0.2, 0.25) is 0 Å². The van der Waals surface area contributed by atoms with E-state index in [2.05, 4.69) is 9.88 Å². The first kappa shape index (κ1) is 9.19. The van der Waals surface area contributed by atoms with Crippen LogP contribution in [-0.2, 0) is 0 Å². The molecule has 1 aliphatic heterocycles. The SMILES string of the molecule is Cc1ccc(C=O)c(N2CCCC2)n1. The van der Waals surface area contributed by atoms with Crippen LogP contribution in [0.25, 0.3) is 0 Å². The lowest BCUT2D eigenvalue weighted by atomic mass is 10.2. The lowest BCUT2D eigenvalue weighted by molar-refractivity contribution is 0.112. The van der Waals surface area contributed by atoms with Crippen LogP contribution in [-0.4, -0.2) is 24.4 Å². The third-order valence-corrected chi connectivity index (χ3v) is 2.58. The van der Waals surface area contributed by atoms with Crippen molar-refractivity contribution in [1.82, 2.24) is 4.98 Å². The number of hydrogen-bond donors (Lipinski definition) is 0. The van der Waals surface area contributed by atoms with Gasteiger partial charge in [0.25, 0.3) is 0 Å². The normalized spacial score (nSPS) is 15.9. The van der Waals surface area contributed by atoms with Crippen LogP contribution in [0.15, 0.2) is 12.1 Å². The minimum absolute atomic E-state index is 0.706. The number of rotatable bonds is 2. The quantitative estimate of drug-likeness (QED) is 0.667. The average molecular weight is 190 g/mol. The molecule has 1 aliphatic rings. The minimum Gasteiger partial charge on any atom is -0.356 e. The zero-order chi connectivity index (χ0) is 9.97. The summed E-state index contributed by atoms with van der Waals surface area (Å²) < 4.78 is 0. The number of carbonyl (C=O) groups excluding carboxylic acids is 1. The summed E-state index contributed by atoms with van der Waals surface area (Å²) in [5, 5.41) is 0. The van der Waals surface area contributed by atoms with Gasteiger partial charge in [-0.25, -0.2) is 4.98 Å². The van der Waals surface area contributed by atoms with Crippen molar-refractivity contribution in [1.29, 1.82) is 0 Å². The standard InChI is InChI=1S/C11H14N2O/c1-9-4-5-10(8-14)11(12-9)13-6-2-3-7-13/h4-5,8H,2-3,6-7H2,1H3. The van der Waals surface area contributed by atoms with E-state index in [-0.39, 0.29) is 0 Å². The summed E-state index contributed by atoms with van der Waals surface area (Å²) in [7, 11) is 0. The van der Waals surface area contributed by atoms with Gasteiger partial charge in [0.05, 0.1) is 5.56 Å². The highest BCUT2D eigenvalue weighted by Crippen LogP contribution is 2.21. The van der Waals surface area contributed by atoms with Crippen molar-refractivity contribution in [2.24, 2.45) is 0 Å². The molecule has 1 saturated heterocycles. The van der Waals surface area contributed by atoms with E-state index in [1.165, 1.54) is 12.8 Å². The summed E-state index contributed by atoms with van der Waals surface area (Å²) in [6.07, 6.45) is 3.29. The molecule has 0 unspecified atom stereocenters. The summed E-state index contributed by atoms with van der Waals surface area (Å²) in [6.45, 7) is 4.00. The third kappa shape index (κ3) is 1.62. The number of aldehydes is 1. The van der Waals surface area contributed by atoms with E-state index in [9.17, 15) is 4.79 Å². The molecule has 0 spiro atoms. The average Bonchev–Trinajstić information content (AvgIpc) is 2.70. The number of aromatic nitrogens is 1. The zero-order valence-electron chi connectivity index (χ0n) is 8.36. The van der Waals surface area contributed by atoms with Gasteiger partial charge in [0.15, 0.2) is 6.29 Å². The van der Waals surface area contributed by atoms with Gasteiger partial charge in [-0.3, -0.25) is 4.79 Å². The van der Waals surface area contributed by atoms with Crippen LogP contribution < -0.4 is 4.90 Å².